The van der Waals surface area contributed by atoms with Gasteiger partial charge in [0.25, 0.3) is 5.96 Å². The summed E-state index contributed by atoms with van der Waals surface area (Å²) in [5.41, 5.74) is 7.31. The van der Waals surface area contributed by atoms with Gasteiger partial charge in [0, 0.05) is 5.56 Å². The van der Waals surface area contributed by atoms with Gasteiger partial charge in [-0.3, -0.25) is 0 Å². The Hall–Kier alpha value is -2.64. The van der Waals surface area contributed by atoms with Gasteiger partial charge < -0.3 is 10.8 Å². The fourth-order valence-corrected chi connectivity index (χ4v) is 0.870. The normalized spacial score (nSPS) is 11.6. The van der Waals surface area contributed by atoms with Crippen molar-refractivity contribution in [1.82, 2.24) is 5.43 Å². The lowest BCUT2D eigenvalue weighted by atomic mass is 10.2. The molecule has 0 spiro atoms. The Morgan fingerprint density at radius 2 is 2.19 bits per heavy atom. The number of rotatable bonds is 3. The number of para-hydroxylation sites is 1. The van der Waals surface area contributed by atoms with Crippen LogP contribution in [0.1, 0.15) is 5.56 Å². The van der Waals surface area contributed by atoms with Crippen LogP contribution in [0.25, 0.3) is 0 Å². The summed E-state index contributed by atoms with van der Waals surface area (Å²) in [5.74, 6) is -0.343. The van der Waals surface area contributed by atoms with Crippen molar-refractivity contribution in [2.24, 2.45) is 15.9 Å². The Balaban J connectivity index is 2.68. The van der Waals surface area contributed by atoms with Gasteiger partial charge in [-0.1, -0.05) is 12.1 Å². The van der Waals surface area contributed by atoms with Crippen molar-refractivity contribution in [2.75, 3.05) is 0 Å². The maximum atomic E-state index is 10.0. The molecule has 5 N–H and O–H groups in total. The first-order valence-electron chi connectivity index (χ1n) is 4.17. The van der Waals surface area contributed by atoms with E-state index in [1.807, 2.05) is 0 Å². The van der Waals surface area contributed by atoms with E-state index in [9.17, 15) is 10.0 Å². The lowest BCUT2D eigenvalue weighted by Crippen LogP contribution is -2.36. The molecule has 1 aromatic rings. The van der Waals surface area contributed by atoms with Gasteiger partial charge in [0.05, 0.1) is 6.21 Å². The van der Waals surface area contributed by atoms with E-state index in [0.717, 1.165) is 0 Å². The number of aromatic hydroxyl groups is 1. The predicted octanol–water partition coefficient (Wildman–Crippen LogP) is -0.286. The van der Waals surface area contributed by atoms with Crippen molar-refractivity contribution in [3.63, 3.8) is 0 Å². The second-order valence-electron chi connectivity index (χ2n) is 2.67. The van der Waals surface area contributed by atoms with E-state index in [0.29, 0.717) is 5.56 Å². The largest absolute Gasteiger partial charge is 0.507 e. The van der Waals surface area contributed by atoms with Crippen molar-refractivity contribution in [1.29, 1.82) is 0 Å². The molecule has 0 aliphatic heterocycles. The van der Waals surface area contributed by atoms with Gasteiger partial charge >= 0.3 is 5.03 Å². The van der Waals surface area contributed by atoms with Crippen LogP contribution >= 0.6 is 0 Å². The fraction of sp³-hybridized carbons (Fsp3) is 0. The minimum absolute atomic E-state index is 0.0422. The van der Waals surface area contributed by atoms with Crippen molar-refractivity contribution >= 4 is 12.2 Å². The highest BCUT2D eigenvalue weighted by atomic mass is 16.7. The summed E-state index contributed by atoms with van der Waals surface area (Å²) in [6, 6.07) is 6.47. The molecule has 0 saturated heterocycles. The first kappa shape index (κ1) is 11.4. The number of nitrogens with two attached hydrogens (primary N) is 1. The van der Waals surface area contributed by atoms with Crippen LogP contribution in [0.3, 0.4) is 0 Å². The summed E-state index contributed by atoms with van der Waals surface area (Å²) in [7, 11) is 0. The molecule has 1 aromatic carbocycles. The highest BCUT2D eigenvalue weighted by Crippen LogP contribution is 2.12. The van der Waals surface area contributed by atoms with E-state index in [2.05, 4.69) is 10.2 Å². The minimum Gasteiger partial charge on any atom is -0.507 e. The van der Waals surface area contributed by atoms with Crippen LogP contribution in [0.4, 0.5) is 0 Å². The molecule has 0 heterocycles. The zero-order valence-electron chi connectivity index (χ0n) is 8.11. The predicted molar refractivity (Wildman–Crippen MR) is 55.9 cm³/mol. The molecule has 0 amide bonds. The van der Waals surface area contributed by atoms with Crippen molar-refractivity contribution in [3.05, 3.63) is 34.7 Å². The third-order valence-corrected chi connectivity index (χ3v) is 1.51. The van der Waals surface area contributed by atoms with Gasteiger partial charge in [0.2, 0.25) is 0 Å². The third kappa shape index (κ3) is 3.62. The molecule has 0 radical (unpaired) electrons. The molecule has 0 saturated carbocycles. The molecular weight excluding hydrogens is 214 g/mol. The SMILES string of the molecule is N/C(=N\N=C\c1ccccc1O)N[N+](=O)O. The molecule has 0 aliphatic rings. The minimum atomic E-state index is -0.603. The molecule has 1 rings (SSSR count). The topological polar surface area (TPSA) is 123 Å². The average Bonchev–Trinajstić information content (AvgIpc) is 2.19. The number of nitrogens with zero attached hydrogens (tertiary/aromatic N) is 3. The number of nitrogens with one attached hydrogen (secondary N) is 1. The summed E-state index contributed by atoms with van der Waals surface area (Å²) in [4.78, 5) is 10.0. The van der Waals surface area contributed by atoms with Gasteiger partial charge in [-0.15, -0.1) is 5.10 Å². The van der Waals surface area contributed by atoms with Crippen LogP contribution in [0, 0.1) is 4.91 Å². The number of benzene rings is 1. The molecule has 84 valence electrons. The van der Waals surface area contributed by atoms with Crippen molar-refractivity contribution < 1.29 is 15.3 Å². The summed E-state index contributed by atoms with van der Waals surface area (Å²) in [6.07, 6.45) is 1.25. The van der Waals surface area contributed by atoms with Crippen LogP contribution < -0.4 is 11.2 Å². The van der Waals surface area contributed by atoms with E-state index in [-0.39, 0.29) is 11.7 Å². The van der Waals surface area contributed by atoms with E-state index in [1.54, 1.807) is 23.6 Å². The zero-order chi connectivity index (χ0) is 12.0. The molecule has 0 aromatic heterocycles. The highest BCUT2D eigenvalue weighted by Gasteiger charge is 2.03. The summed E-state index contributed by atoms with van der Waals surface area (Å²) in [6.45, 7) is 0. The molecule has 0 atom stereocenters. The molecule has 0 bridgehead atoms. The Bertz CT molecular complexity index is 443. The lowest BCUT2D eigenvalue weighted by molar-refractivity contribution is -0.822. The first-order valence-corrected chi connectivity index (χ1v) is 4.17. The average molecular weight is 224 g/mol. The summed E-state index contributed by atoms with van der Waals surface area (Å²) in [5, 5.41) is 23.8. The number of phenols is 1. The molecule has 8 heteroatoms. The van der Waals surface area contributed by atoms with Gasteiger partial charge in [-0.2, -0.15) is 5.10 Å². The second kappa shape index (κ2) is 5.29. The Morgan fingerprint density at radius 1 is 1.50 bits per heavy atom. The third-order valence-electron chi connectivity index (χ3n) is 1.51. The summed E-state index contributed by atoms with van der Waals surface area (Å²) < 4.78 is 0. The molecule has 16 heavy (non-hydrogen) atoms. The molecule has 0 fully saturated rings. The number of hydrogen-bond acceptors (Lipinski definition) is 4. The quantitative estimate of drug-likeness (QED) is 0.319. The van der Waals surface area contributed by atoms with E-state index in [1.165, 1.54) is 12.3 Å². The van der Waals surface area contributed by atoms with Crippen LogP contribution in [-0.4, -0.2) is 27.5 Å². The molecule has 0 aliphatic carbocycles. The zero-order valence-corrected chi connectivity index (χ0v) is 8.11. The number of hydrazine groups is 1. The number of phenolic OH excluding ortho intramolecular Hbond substituents is 1. The summed E-state index contributed by atoms with van der Waals surface area (Å²) >= 11 is 0. The smallest absolute Gasteiger partial charge is 0.362 e. The Morgan fingerprint density at radius 3 is 2.81 bits per heavy atom. The van der Waals surface area contributed by atoms with E-state index in [4.69, 9.17) is 10.9 Å². The van der Waals surface area contributed by atoms with Gasteiger partial charge in [-0.25, -0.2) is 5.21 Å². The van der Waals surface area contributed by atoms with Crippen LogP contribution in [-0.2, 0) is 0 Å². The lowest BCUT2D eigenvalue weighted by Gasteiger charge is -1.94. The van der Waals surface area contributed by atoms with Gasteiger partial charge in [0.1, 0.15) is 10.7 Å². The number of guanidine groups is 1. The Labute approximate surface area is 90.2 Å². The van der Waals surface area contributed by atoms with Crippen LogP contribution in [0.15, 0.2) is 34.5 Å². The van der Waals surface area contributed by atoms with Crippen LogP contribution in [0.5, 0.6) is 5.75 Å². The maximum absolute atomic E-state index is 10.0. The maximum Gasteiger partial charge on any atom is 0.362 e. The standard InChI is InChI=1S/C8H9N5O3/c9-8(12-13(15)16)11-10-5-6-3-1-2-4-7(6)14/h1-5H,(H4-,9,10,11,12,14,15,16)/p+1. The second-order valence-corrected chi connectivity index (χ2v) is 2.67. The van der Waals surface area contributed by atoms with Gasteiger partial charge in [-0.05, 0) is 17.6 Å². The first-order chi connectivity index (χ1) is 7.59. The molecular formula is C8H10N5O3+. The monoisotopic (exact) mass is 224 g/mol. The Kier molecular flexibility index (Phi) is 3.78. The highest BCUT2D eigenvalue weighted by molar-refractivity contribution is 5.84. The molecule has 0 unspecified atom stereocenters. The van der Waals surface area contributed by atoms with Crippen molar-refractivity contribution in [2.45, 2.75) is 0 Å². The van der Waals surface area contributed by atoms with E-state index < -0.39 is 5.03 Å². The number of hydrogen-bond donors (Lipinski definition) is 4. The van der Waals surface area contributed by atoms with Gasteiger partial charge in [0.15, 0.2) is 0 Å². The molecule has 8 nitrogen and oxygen atoms in total. The van der Waals surface area contributed by atoms with Crippen molar-refractivity contribution in [3.8, 4) is 5.75 Å². The van der Waals surface area contributed by atoms with E-state index >= 15 is 0 Å². The van der Waals surface area contributed by atoms with Crippen LogP contribution in [0.2, 0.25) is 0 Å². The fourth-order valence-electron chi connectivity index (χ4n) is 0.870.